The van der Waals surface area contributed by atoms with E-state index in [1.165, 1.54) is 25.7 Å². The zero-order chi connectivity index (χ0) is 12.1. The van der Waals surface area contributed by atoms with Gasteiger partial charge in [-0.15, -0.1) is 0 Å². The number of aliphatic hydroxyl groups excluding tert-OH is 1. The summed E-state index contributed by atoms with van der Waals surface area (Å²) >= 11 is 3.71. The minimum Gasteiger partial charge on any atom is -0.390 e. The van der Waals surface area contributed by atoms with E-state index >= 15 is 0 Å². The molecule has 0 amide bonds. The third kappa shape index (κ3) is 4.08. The summed E-state index contributed by atoms with van der Waals surface area (Å²) in [6.45, 7) is 1.25. The van der Waals surface area contributed by atoms with E-state index in [1.54, 1.807) is 12.5 Å². The molecule has 1 heterocycles. The molecular weight excluding hydrogens is 282 g/mol. The number of alkyl halides is 1. The average molecular weight is 302 g/mol. The molecule has 0 aliphatic heterocycles. The number of nitrogens with zero attached hydrogens (tertiary/aromatic N) is 2. The van der Waals surface area contributed by atoms with Gasteiger partial charge < -0.3 is 15.0 Å². The van der Waals surface area contributed by atoms with Crippen molar-refractivity contribution in [3.63, 3.8) is 0 Å². The van der Waals surface area contributed by atoms with Crippen LogP contribution in [0.25, 0.3) is 0 Å². The van der Waals surface area contributed by atoms with Gasteiger partial charge in [0.1, 0.15) is 0 Å². The molecule has 2 N–H and O–H groups in total. The molecular formula is C12H20BrN3O. The number of imidazole rings is 1. The van der Waals surface area contributed by atoms with Crippen LogP contribution in [0.5, 0.6) is 0 Å². The van der Waals surface area contributed by atoms with Crippen LogP contribution in [0, 0.1) is 0 Å². The molecule has 5 heteroatoms. The molecule has 1 saturated carbocycles. The molecule has 1 aliphatic carbocycles. The molecule has 0 bridgehead atoms. The monoisotopic (exact) mass is 301 g/mol. The SMILES string of the molecule is OC(CNC1CCCCC1Br)Cn1ccnc1. The van der Waals surface area contributed by atoms with Crippen molar-refractivity contribution in [3.05, 3.63) is 18.7 Å². The lowest BCUT2D eigenvalue weighted by molar-refractivity contribution is 0.145. The van der Waals surface area contributed by atoms with E-state index in [2.05, 4.69) is 26.2 Å². The molecule has 96 valence electrons. The lowest BCUT2D eigenvalue weighted by Gasteiger charge is -2.29. The Hall–Kier alpha value is -0.390. The fourth-order valence-electron chi connectivity index (χ4n) is 2.31. The molecule has 3 atom stereocenters. The van der Waals surface area contributed by atoms with Crippen LogP contribution in [0.2, 0.25) is 0 Å². The van der Waals surface area contributed by atoms with Crippen molar-refractivity contribution < 1.29 is 5.11 Å². The highest BCUT2D eigenvalue weighted by Gasteiger charge is 2.22. The molecule has 1 fully saturated rings. The number of aliphatic hydroxyl groups is 1. The van der Waals surface area contributed by atoms with Gasteiger partial charge >= 0.3 is 0 Å². The Kier molecular flexibility index (Phi) is 5.00. The fraction of sp³-hybridized carbons (Fsp3) is 0.750. The topological polar surface area (TPSA) is 50.1 Å². The second-order valence-electron chi connectivity index (χ2n) is 4.73. The Bertz CT molecular complexity index is 318. The largest absolute Gasteiger partial charge is 0.390 e. The third-order valence-corrected chi connectivity index (χ3v) is 4.37. The Morgan fingerprint density at radius 2 is 2.29 bits per heavy atom. The molecule has 0 aromatic carbocycles. The van der Waals surface area contributed by atoms with Crippen molar-refractivity contribution in [2.75, 3.05) is 6.54 Å². The van der Waals surface area contributed by atoms with Gasteiger partial charge in [0.15, 0.2) is 0 Å². The Balaban J connectivity index is 1.70. The Morgan fingerprint density at radius 3 is 3.00 bits per heavy atom. The van der Waals surface area contributed by atoms with Crippen LogP contribution in [0.1, 0.15) is 25.7 Å². The summed E-state index contributed by atoms with van der Waals surface area (Å²) in [5.74, 6) is 0. The number of hydrogen-bond donors (Lipinski definition) is 2. The highest BCUT2D eigenvalue weighted by molar-refractivity contribution is 9.09. The normalized spacial score (nSPS) is 26.9. The summed E-state index contributed by atoms with van der Waals surface area (Å²) in [7, 11) is 0. The minimum atomic E-state index is -0.356. The Labute approximate surface area is 111 Å². The van der Waals surface area contributed by atoms with Crippen molar-refractivity contribution in [2.24, 2.45) is 0 Å². The van der Waals surface area contributed by atoms with Crippen molar-refractivity contribution >= 4 is 15.9 Å². The van der Waals surface area contributed by atoms with E-state index in [9.17, 15) is 5.11 Å². The van der Waals surface area contributed by atoms with E-state index in [0.29, 0.717) is 24.0 Å². The van der Waals surface area contributed by atoms with E-state index in [-0.39, 0.29) is 6.10 Å². The van der Waals surface area contributed by atoms with E-state index in [0.717, 1.165) is 0 Å². The van der Waals surface area contributed by atoms with Crippen molar-refractivity contribution in [2.45, 2.75) is 49.2 Å². The number of aromatic nitrogens is 2. The molecule has 0 saturated heterocycles. The predicted molar refractivity (Wildman–Crippen MR) is 71.2 cm³/mol. The molecule has 1 aromatic heterocycles. The molecule has 3 unspecified atom stereocenters. The maximum absolute atomic E-state index is 9.91. The summed E-state index contributed by atoms with van der Waals surface area (Å²) in [5.41, 5.74) is 0. The van der Waals surface area contributed by atoms with E-state index in [4.69, 9.17) is 0 Å². The minimum absolute atomic E-state index is 0.356. The first-order chi connectivity index (χ1) is 8.25. The molecule has 0 spiro atoms. The third-order valence-electron chi connectivity index (χ3n) is 3.28. The summed E-state index contributed by atoms with van der Waals surface area (Å²) in [4.78, 5) is 4.51. The van der Waals surface area contributed by atoms with E-state index < -0.39 is 0 Å². The van der Waals surface area contributed by atoms with Gasteiger partial charge in [0.25, 0.3) is 0 Å². The van der Waals surface area contributed by atoms with Crippen LogP contribution >= 0.6 is 15.9 Å². The number of rotatable bonds is 5. The van der Waals surface area contributed by atoms with Crippen LogP contribution in [-0.4, -0.2) is 38.2 Å². The Morgan fingerprint density at radius 1 is 1.47 bits per heavy atom. The molecule has 0 radical (unpaired) electrons. The van der Waals surface area contributed by atoms with Gasteiger partial charge in [-0.1, -0.05) is 28.8 Å². The molecule has 1 aromatic rings. The number of nitrogens with one attached hydrogen (secondary N) is 1. The second kappa shape index (κ2) is 6.52. The van der Waals surface area contributed by atoms with Gasteiger partial charge in [0.2, 0.25) is 0 Å². The summed E-state index contributed by atoms with van der Waals surface area (Å²) < 4.78 is 1.90. The van der Waals surface area contributed by atoms with Crippen LogP contribution in [0.3, 0.4) is 0 Å². The van der Waals surface area contributed by atoms with Crippen molar-refractivity contribution in [1.82, 2.24) is 14.9 Å². The first kappa shape index (κ1) is 13.1. The second-order valence-corrected chi connectivity index (χ2v) is 5.90. The first-order valence-electron chi connectivity index (χ1n) is 6.27. The van der Waals surface area contributed by atoms with Gasteiger partial charge in [-0.2, -0.15) is 0 Å². The van der Waals surface area contributed by atoms with E-state index in [1.807, 2.05) is 10.8 Å². The van der Waals surface area contributed by atoms with Crippen LogP contribution in [-0.2, 0) is 6.54 Å². The highest BCUT2D eigenvalue weighted by Crippen LogP contribution is 2.24. The maximum atomic E-state index is 9.91. The number of hydrogen-bond acceptors (Lipinski definition) is 3. The van der Waals surface area contributed by atoms with Crippen LogP contribution in [0.15, 0.2) is 18.7 Å². The summed E-state index contributed by atoms with van der Waals surface area (Å²) in [6, 6.07) is 0.501. The van der Waals surface area contributed by atoms with Gasteiger partial charge in [0, 0.05) is 29.8 Å². The van der Waals surface area contributed by atoms with Gasteiger partial charge in [0.05, 0.1) is 19.0 Å². The molecule has 1 aliphatic rings. The molecule has 4 nitrogen and oxygen atoms in total. The summed E-state index contributed by atoms with van der Waals surface area (Å²) in [6.07, 6.45) is 10.0. The smallest absolute Gasteiger partial charge is 0.0946 e. The van der Waals surface area contributed by atoms with Gasteiger partial charge in [-0.25, -0.2) is 4.98 Å². The first-order valence-corrected chi connectivity index (χ1v) is 7.18. The fourth-order valence-corrected chi connectivity index (χ4v) is 3.08. The predicted octanol–water partition coefficient (Wildman–Crippen LogP) is 1.54. The van der Waals surface area contributed by atoms with Gasteiger partial charge in [-0.3, -0.25) is 0 Å². The lowest BCUT2D eigenvalue weighted by Crippen LogP contribution is -2.43. The average Bonchev–Trinajstić information content (AvgIpc) is 2.81. The number of halogens is 1. The van der Waals surface area contributed by atoms with Gasteiger partial charge in [-0.05, 0) is 12.8 Å². The summed E-state index contributed by atoms with van der Waals surface area (Å²) in [5, 5.41) is 13.4. The quantitative estimate of drug-likeness (QED) is 0.811. The maximum Gasteiger partial charge on any atom is 0.0946 e. The standard InChI is InChI=1S/C12H20BrN3O/c13-11-3-1-2-4-12(11)15-7-10(17)8-16-6-5-14-9-16/h5-6,9-12,15,17H,1-4,7-8H2. The van der Waals surface area contributed by atoms with Crippen molar-refractivity contribution in [3.8, 4) is 0 Å². The van der Waals surface area contributed by atoms with Crippen molar-refractivity contribution in [1.29, 1.82) is 0 Å². The zero-order valence-electron chi connectivity index (χ0n) is 9.93. The zero-order valence-corrected chi connectivity index (χ0v) is 11.5. The van der Waals surface area contributed by atoms with Crippen LogP contribution in [0.4, 0.5) is 0 Å². The lowest BCUT2D eigenvalue weighted by atomic mass is 9.95. The van der Waals surface area contributed by atoms with Crippen LogP contribution < -0.4 is 5.32 Å². The highest BCUT2D eigenvalue weighted by atomic mass is 79.9. The molecule has 2 rings (SSSR count). The molecule has 17 heavy (non-hydrogen) atoms.